The molecule has 0 aliphatic carbocycles. The van der Waals surface area contributed by atoms with Gasteiger partial charge in [0, 0.05) is 37.0 Å². The number of carbonyl (C=O) groups is 1. The SMILES string of the molecule is C#Cc1c(F)ccc2cc(OC=O)cc(-c3c(F)c(OC)c4c(N5CCCn6nc(CO)cc6C5)nc(OC[C@@]56CCCN5C[C@H](F)C6)nc4c3F)c12. The van der Waals surface area contributed by atoms with Gasteiger partial charge in [-0.1, -0.05) is 12.0 Å². The number of carbonyl (C=O) groups excluding carboxylic acids is 1. The van der Waals surface area contributed by atoms with E-state index in [9.17, 15) is 14.3 Å². The smallest absolute Gasteiger partial charge is 0.319 e. The van der Waals surface area contributed by atoms with Gasteiger partial charge in [0.15, 0.2) is 17.4 Å². The first kappa shape index (κ1) is 34.6. The second kappa shape index (κ2) is 13.5. The topological polar surface area (TPSA) is 115 Å². The van der Waals surface area contributed by atoms with Crippen LogP contribution in [0, 0.1) is 29.8 Å². The molecule has 2 atom stereocenters. The van der Waals surface area contributed by atoms with Crippen molar-refractivity contribution >= 4 is 34.0 Å². The molecule has 3 aliphatic rings. The molecule has 2 aromatic heterocycles. The Balaban J connectivity index is 1.37. The number of aliphatic hydroxyl groups excluding tert-OH is 1. The number of halogens is 4. The van der Waals surface area contributed by atoms with Crippen molar-refractivity contribution in [2.24, 2.45) is 0 Å². The van der Waals surface area contributed by atoms with Crippen LogP contribution in [-0.4, -0.2) is 81.3 Å². The highest BCUT2D eigenvalue weighted by molar-refractivity contribution is 6.06. The van der Waals surface area contributed by atoms with Crippen LogP contribution in [-0.2, 0) is 24.5 Å². The second-order valence-electron chi connectivity index (χ2n) is 13.6. The number of aliphatic hydroxyl groups is 1. The predicted molar refractivity (Wildman–Crippen MR) is 186 cm³/mol. The maximum Gasteiger partial charge on any atom is 0.319 e. The molecule has 0 unspecified atom stereocenters. The van der Waals surface area contributed by atoms with E-state index in [2.05, 4.69) is 20.9 Å². The van der Waals surface area contributed by atoms with Crippen LogP contribution >= 0.6 is 0 Å². The van der Waals surface area contributed by atoms with Gasteiger partial charge in [0.25, 0.3) is 6.47 Å². The van der Waals surface area contributed by atoms with Crippen LogP contribution < -0.4 is 19.1 Å². The number of hydrogen-bond acceptors (Lipinski definition) is 10. The van der Waals surface area contributed by atoms with Gasteiger partial charge in [-0.15, -0.1) is 6.42 Å². The number of terminal acetylenes is 1. The first-order valence-corrected chi connectivity index (χ1v) is 17.2. The summed E-state index contributed by atoms with van der Waals surface area (Å²) in [7, 11) is 1.22. The van der Waals surface area contributed by atoms with E-state index in [4.69, 9.17) is 25.6 Å². The molecule has 3 aliphatic heterocycles. The summed E-state index contributed by atoms with van der Waals surface area (Å²) in [5.74, 6) is -1.20. The third kappa shape index (κ3) is 5.77. The highest BCUT2D eigenvalue weighted by Crippen LogP contribution is 2.47. The Labute approximate surface area is 301 Å². The molecular formula is C38H34F4N6O5. The summed E-state index contributed by atoms with van der Waals surface area (Å²) in [5.41, 5.74) is -0.863. The number of hydrogen-bond donors (Lipinski definition) is 1. The zero-order valence-electron chi connectivity index (χ0n) is 28.7. The fraction of sp³-hybridized carbons (Fsp3) is 0.368. The molecule has 0 saturated carbocycles. The van der Waals surface area contributed by atoms with Gasteiger partial charge in [0.05, 0.1) is 53.7 Å². The largest absolute Gasteiger partial charge is 0.493 e. The van der Waals surface area contributed by atoms with E-state index in [1.54, 1.807) is 10.7 Å². The summed E-state index contributed by atoms with van der Waals surface area (Å²) in [6.45, 7) is 2.06. The van der Waals surface area contributed by atoms with Crippen molar-refractivity contribution in [2.75, 3.05) is 38.3 Å². The average Bonchev–Trinajstić information content (AvgIpc) is 3.77. The van der Waals surface area contributed by atoms with Gasteiger partial charge in [-0.05, 0) is 55.5 Å². The van der Waals surface area contributed by atoms with E-state index >= 15 is 13.2 Å². The third-order valence-corrected chi connectivity index (χ3v) is 10.5. The molecule has 2 saturated heterocycles. The lowest BCUT2D eigenvalue weighted by molar-refractivity contribution is -0.120. The number of rotatable bonds is 9. The number of ether oxygens (including phenoxy) is 3. The summed E-state index contributed by atoms with van der Waals surface area (Å²) >= 11 is 0. The Hall–Kier alpha value is -5.46. The molecule has 15 heteroatoms. The lowest BCUT2D eigenvalue weighted by Crippen LogP contribution is -2.43. The van der Waals surface area contributed by atoms with E-state index in [-0.39, 0.29) is 83.0 Å². The molecule has 53 heavy (non-hydrogen) atoms. The number of fused-ring (bicyclic) bond motifs is 4. The first-order valence-electron chi connectivity index (χ1n) is 17.2. The number of nitrogens with zero attached hydrogens (tertiary/aromatic N) is 6. The van der Waals surface area contributed by atoms with Crippen molar-refractivity contribution in [3.63, 3.8) is 0 Å². The maximum atomic E-state index is 17.4. The van der Waals surface area contributed by atoms with Gasteiger partial charge < -0.3 is 24.2 Å². The van der Waals surface area contributed by atoms with E-state index in [1.165, 1.54) is 25.3 Å². The highest BCUT2D eigenvalue weighted by atomic mass is 19.1. The first-order chi connectivity index (χ1) is 25.7. The van der Waals surface area contributed by atoms with Gasteiger partial charge in [0.1, 0.15) is 35.7 Å². The predicted octanol–water partition coefficient (Wildman–Crippen LogP) is 5.45. The minimum Gasteiger partial charge on any atom is -0.493 e. The number of aromatic nitrogens is 4. The summed E-state index contributed by atoms with van der Waals surface area (Å²) in [5, 5.41) is 14.4. The molecule has 0 amide bonds. The van der Waals surface area contributed by atoms with Gasteiger partial charge >= 0.3 is 6.01 Å². The molecule has 0 bridgehead atoms. The molecule has 0 radical (unpaired) electrons. The van der Waals surface area contributed by atoms with Gasteiger partial charge in [-0.3, -0.25) is 14.4 Å². The zero-order valence-corrected chi connectivity index (χ0v) is 28.7. The second-order valence-corrected chi connectivity index (χ2v) is 13.6. The molecule has 3 aromatic carbocycles. The molecule has 1 N–H and O–H groups in total. The summed E-state index contributed by atoms with van der Waals surface area (Å²) in [6, 6.07) is 6.59. The lowest BCUT2D eigenvalue weighted by Gasteiger charge is -2.31. The van der Waals surface area contributed by atoms with Crippen molar-refractivity contribution in [3.8, 4) is 41.0 Å². The molecule has 2 fully saturated rings. The molecule has 5 aromatic rings. The summed E-state index contributed by atoms with van der Waals surface area (Å²) < 4.78 is 83.0. The highest BCUT2D eigenvalue weighted by Gasteiger charge is 2.49. The van der Waals surface area contributed by atoms with E-state index < -0.39 is 40.5 Å². The number of anilines is 1. The van der Waals surface area contributed by atoms with Crippen LogP contribution in [0.25, 0.3) is 32.8 Å². The summed E-state index contributed by atoms with van der Waals surface area (Å²) in [4.78, 5) is 24.5. The lowest BCUT2D eigenvalue weighted by atomic mass is 9.92. The molecule has 5 heterocycles. The zero-order chi connectivity index (χ0) is 37.0. The minimum absolute atomic E-state index is 0.00129. The molecule has 274 valence electrons. The van der Waals surface area contributed by atoms with Crippen molar-refractivity contribution < 1.29 is 41.7 Å². The minimum atomic E-state index is -1.16. The van der Waals surface area contributed by atoms with Crippen molar-refractivity contribution in [1.29, 1.82) is 0 Å². The fourth-order valence-electron chi connectivity index (χ4n) is 8.26. The number of methoxy groups -OCH3 is 1. The molecule has 0 spiro atoms. The van der Waals surface area contributed by atoms with E-state index in [0.29, 0.717) is 38.2 Å². The van der Waals surface area contributed by atoms with Gasteiger partial charge in [0.2, 0.25) is 0 Å². The van der Waals surface area contributed by atoms with E-state index in [0.717, 1.165) is 24.7 Å². The number of alkyl halides is 1. The maximum absolute atomic E-state index is 17.4. The van der Waals surface area contributed by atoms with Crippen LogP contribution in [0.1, 0.15) is 42.6 Å². The van der Waals surface area contributed by atoms with Crippen LogP contribution in [0.3, 0.4) is 0 Å². The Morgan fingerprint density at radius 2 is 1.94 bits per heavy atom. The fourth-order valence-corrected chi connectivity index (χ4v) is 8.26. The summed E-state index contributed by atoms with van der Waals surface area (Å²) in [6.07, 6.45) is 7.11. The number of aryl methyl sites for hydroxylation is 1. The molecular weight excluding hydrogens is 696 g/mol. The Kier molecular flexibility index (Phi) is 8.82. The average molecular weight is 731 g/mol. The van der Waals surface area contributed by atoms with Crippen molar-refractivity contribution in [3.05, 3.63) is 64.7 Å². The van der Waals surface area contributed by atoms with Crippen LogP contribution in [0.4, 0.5) is 23.4 Å². The standard InChI is InChI=1S/C38H34F4N6O5/c1-3-26-28(40)7-6-21-12-25(53-20-50)14-27(29(21)26)30-32(41)34-31(35(51-2)33(30)42)36(46-9-5-11-48-24(17-46)13-23(18-49)45-48)44-37(43-34)52-19-38-8-4-10-47(38)16-22(39)15-38/h1,6-7,12-14,20,22,49H,4-5,8-11,15-19H2,2H3/t22-,38+/m1/s1. The molecule has 8 rings (SSSR count). The Morgan fingerprint density at radius 3 is 2.72 bits per heavy atom. The van der Waals surface area contributed by atoms with Gasteiger partial charge in [-0.25, -0.2) is 17.6 Å². The van der Waals surface area contributed by atoms with Crippen LogP contribution in [0.15, 0.2) is 30.3 Å². The van der Waals surface area contributed by atoms with Crippen molar-refractivity contribution in [2.45, 2.75) is 57.1 Å². The van der Waals surface area contributed by atoms with Crippen molar-refractivity contribution in [1.82, 2.24) is 24.6 Å². The van der Waals surface area contributed by atoms with Crippen LogP contribution in [0.5, 0.6) is 17.5 Å². The Bertz CT molecular complexity index is 2330. The van der Waals surface area contributed by atoms with E-state index in [1.807, 2.05) is 4.90 Å². The molecule has 11 nitrogen and oxygen atoms in total. The Morgan fingerprint density at radius 1 is 1.09 bits per heavy atom. The third-order valence-electron chi connectivity index (χ3n) is 10.5. The number of benzene rings is 3. The van der Waals surface area contributed by atoms with Crippen LogP contribution in [0.2, 0.25) is 0 Å². The van der Waals surface area contributed by atoms with Gasteiger partial charge in [-0.2, -0.15) is 15.1 Å². The quantitative estimate of drug-likeness (QED) is 0.119. The normalized spacial score (nSPS) is 19.9. The monoisotopic (exact) mass is 730 g/mol.